The van der Waals surface area contributed by atoms with Crippen molar-refractivity contribution in [2.75, 3.05) is 0 Å². The molecule has 3 aromatic carbocycles. The highest BCUT2D eigenvalue weighted by Crippen LogP contribution is 2.50. The predicted molar refractivity (Wildman–Crippen MR) is 129 cm³/mol. The van der Waals surface area contributed by atoms with Crippen LogP contribution in [-0.2, 0) is 10.2 Å². The molecule has 5 heteroatoms. The number of rotatable bonds is 4. The SMILES string of the molecule is C[Si](C)(C)O[C@@]1(c2ccccc2)C[C@@H](c2ccccc2)c2c(c3ccccc3oc2=O)O1. The van der Waals surface area contributed by atoms with Crippen LogP contribution in [0.2, 0.25) is 19.6 Å². The van der Waals surface area contributed by atoms with Gasteiger partial charge in [0.05, 0.1) is 10.9 Å². The summed E-state index contributed by atoms with van der Waals surface area (Å²) in [4.78, 5) is 13.2. The molecule has 1 aliphatic rings. The van der Waals surface area contributed by atoms with E-state index in [4.69, 9.17) is 13.6 Å². The molecule has 0 fully saturated rings. The van der Waals surface area contributed by atoms with Gasteiger partial charge in [0.25, 0.3) is 0 Å². The lowest BCUT2D eigenvalue weighted by molar-refractivity contribution is -0.145. The molecule has 5 rings (SSSR count). The highest BCUT2D eigenvalue weighted by Gasteiger charge is 2.48. The molecule has 4 aromatic rings. The molecule has 0 unspecified atom stereocenters. The number of benzene rings is 3. The molecular formula is C27H26O4Si. The summed E-state index contributed by atoms with van der Waals surface area (Å²) in [6.45, 7) is 6.47. The number of ether oxygens (including phenoxy) is 1. The maximum atomic E-state index is 13.2. The van der Waals surface area contributed by atoms with Gasteiger partial charge < -0.3 is 13.6 Å². The Bertz CT molecular complexity index is 1310. The molecule has 0 radical (unpaired) electrons. The Balaban J connectivity index is 1.82. The fourth-order valence-corrected chi connectivity index (χ4v) is 5.81. The van der Waals surface area contributed by atoms with Crippen LogP contribution in [0, 0.1) is 0 Å². The fraction of sp³-hybridized carbons (Fsp3) is 0.222. The van der Waals surface area contributed by atoms with Gasteiger partial charge in [-0.15, -0.1) is 0 Å². The van der Waals surface area contributed by atoms with Crippen molar-refractivity contribution in [1.29, 1.82) is 0 Å². The van der Waals surface area contributed by atoms with E-state index in [0.717, 1.165) is 16.5 Å². The summed E-state index contributed by atoms with van der Waals surface area (Å²) in [5.74, 6) is -0.674. The molecule has 0 saturated heterocycles. The molecule has 0 spiro atoms. The molecule has 0 N–H and O–H groups in total. The first-order valence-electron chi connectivity index (χ1n) is 10.9. The second-order valence-corrected chi connectivity index (χ2v) is 13.7. The molecular weight excluding hydrogens is 416 g/mol. The van der Waals surface area contributed by atoms with Crippen molar-refractivity contribution >= 4 is 19.3 Å². The second-order valence-electron chi connectivity index (χ2n) is 9.23. The van der Waals surface area contributed by atoms with Crippen LogP contribution in [0.25, 0.3) is 11.0 Å². The van der Waals surface area contributed by atoms with Crippen molar-refractivity contribution in [3.8, 4) is 5.75 Å². The molecule has 2 heterocycles. The van der Waals surface area contributed by atoms with Crippen LogP contribution in [-0.4, -0.2) is 8.32 Å². The first-order valence-corrected chi connectivity index (χ1v) is 14.3. The molecule has 1 aromatic heterocycles. The Labute approximate surface area is 188 Å². The normalized spacial score (nSPS) is 20.5. The van der Waals surface area contributed by atoms with Crippen molar-refractivity contribution in [3.63, 3.8) is 0 Å². The average Bonchev–Trinajstić information content (AvgIpc) is 2.79. The standard InChI is InChI=1S/C27H26O4Si/c1-32(2,3)31-27(20-14-8-5-9-15-20)18-22(19-12-6-4-7-13-19)24-25(30-27)21-16-10-11-17-23(21)29-26(24)28/h4-17,22H,18H2,1-3H3/t22-,27+/m0/s1. The molecule has 32 heavy (non-hydrogen) atoms. The lowest BCUT2D eigenvalue weighted by Crippen LogP contribution is -2.48. The Morgan fingerprint density at radius 3 is 2.19 bits per heavy atom. The third kappa shape index (κ3) is 3.68. The van der Waals surface area contributed by atoms with Gasteiger partial charge in [-0.25, -0.2) is 4.79 Å². The summed E-state index contributed by atoms with van der Waals surface area (Å²) in [5.41, 5.74) is 2.70. The van der Waals surface area contributed by atoms with Crippen LogP contribution in [0.15, 0.2) is 94.1 Å². The summed E-state index contributed by atoms with van der Waals surface area (Å²) in [7, 11) is -2.06. The molecule has 0 bridgehead atoms. The van der Waals surface area contributed by atoms with E-state index in [9.17, 15) is 4.79 Å². The number of para-hydroxylation sites is 1. The topological polar surface area (TPSA) is 48.7 Å². The summed E-state index contributed by atoms with van der Waals surface area (Å²) in [5, 5.41) is 0.780. The third-order valence-corrected chi connectivity index (χ3v) is 6.72. The summed E-state index contributed by atoms with van der Waals surface area (Å²) in [6, 6.07) is 27.7. The second kappa shape index (κ2) is 7.76. The van der Waals surface area contributed by atoms with Gasteiger partial charge >= 0.3 is 5.63 Å². The van der Waals surface area contributed by atoms with E-state index >= 15 is 0 Å². The monoisotopic (exact) mass is 442 g/mol. The van der Waals surface area contributed by atoms with E-state index in [-0.39, 0.29) is 11.5 Å². The van der Waals surface area contributed by atoms with E-state index in [1.165, 1.54) is 0 Å². The minimum Gasteiger partial charge on any atom is -0.458 e. The van der Waals surface area contributed by atoms with Crippen LogP contribution in [0.4, 0.5) is 0 Å². The van der Waals surface area contributed by atoms with Gasteiger partial charge in [0, 0.05) is 17.9 Å². The van der Waals surface area contributed by atoms with Crippen LogP contribution in [0.3, 0.4) is 0 Å². The van der Waals surface area contributed by atoms with E-state index in [1.54, 1.807) is 6.07 Å². The van der Waals surface area contributed by atoms with Gasteiger partial charge in [-0.1, -0.05) is 72.8 Å². The lowest BCUT2D eigenvalue weighted by atomic mass is 9.81. The fourth-order valence-electron chi connectivity index (χ4n) is 4.58. The predicted octanol–water partition coefficient (Wildman–Crippen LogP) is 6.41. The Morgan fingerprint density at radius 2 is 1.50 bits per heavy atom. The number of fused-ring (bicyclic) bond motifs is 3. The zero-order chi connectivity index (χ0) is 22.3. The van der Waals surface area contributed by atoms with Gasteiger partial charge in [-0.05, 0) is 37.3 Å². The van der Waals surface area contributed by atoms with E-state index in [1.807, 2.05) is 66.7 Å². The number of hydrogen-bond acceptors (Lipinski definition) is 4. The zero-order valence-electron chi connectivity index (χ0n) is 18.5. The Kier molecular flexibility index (Phi) is 5.03. The summed E-state index contributed by atoms with van der Waals surface area (Å²) >= 11 is 0. The van der Waals surface area contributed by atoms with Crippen molar-refractivity contribution < 1.29 is 13.6 Å². The Hall–Kier alpha value is -3.15. The van der Waals surface area contributed by atoms with E-state index in [2.05, 4.69) is 31.8 Å². The quantitative estimate of drug-likeness (QED) is 0.271. The smallest absolute Gasteiger partial charge is 0.343 e. The van der Waals surface area contributed by atoms with Gasteiger partial charge in [-0.3, -0.25) is 0 Å². The van der Waals surface area contributed by atoms with Crippen molar-refractivity contribution in [2.45, 2.75) is 37.8 Å². The molecule has 2 atom stereocenters. The summed E-state index contributed by atoms with van der Waals surface area (Å²) in [6.07, 6.45) is 0.487. The summed E-state index contributed by atoms with van der Waals surface area (Å²) < 4.78 is 19.3. The highest BCUT2D eigenvalue weighted by molar-refractivity contribution is 6.69. The maximum absolute atomic E-state index is 13.2. The van der Waals surface area contributed by atoms with Crippen LogP contribution in [0.5, 0.6) is 5.75 Å². The van der Waals surface area contributed by atoms with Gasteiger partial charge in [0.2, 0.25) is 5.79 Å². The zero-order valence-corrected chi connectivity index (χ0v) is 19.5. The molecule has 0 saturated carbocycles. The van der Waals surface area contributed by atoms with Gasteiger partial charge in [0.15, 0.2) is 8.32 Å². The van der Waals surface area contributed by atoms with Crippen LogP contribution >= 0.6 is 0 Å². The minimum absolute atomic E-state index is 0.225. The van der Waals surface area contributed by atoms with Crippen molar-refractivity contribution in [2.24, 2.45) is 0 Å². The van der Waals surface area contributed by atoms with Crippen LogP contribution < -0.4 is 10.4 Å². The Morgan fingerprint density at radius 1 is 0.875 bits per heavy atom. The highest BCUT2D eigenvalue weighted by atomic mass is 28.4. The molecule has 4 nitrogen and oxygen atoms in total. The minimum atomic E-state index is -2.06. The third-order valence-electron chi connectivity index (χ3n) is 5.77. The average molecular weight is 443 g/mol. The molecule has 0 amide bonds. The lowest BCUT2D eigenvalue weighted by Gasteiger charge is -2.45. The molecule has 162 valence electrons. The largest absolute Gasteiger partial charge is 0.458 e. The number of hydrogen-bond donors (Lipinski definition) is 0. The maximum Gasteiger partial charge on any atom is 0.343 e. The van der Waals surface area contributed by atoms with Gasteiger partial charge in [0.1, 0.15) is 11.3 Å². The van der Waals surface area contributed by atoms with E-state index in [0.29, 0.717) is 23.3 Å². The van der Waals surface area contributed by atoms with E-state index < -0.39 is 14.1 Å². The first kappa shape index (κ1) is 20.7. The van der Waals surface area contributed by atoms with Gasteiger partial charge in [-0.2, -0.15) is 0 Å². The van der Waals surface area contributed by atoms with Crippen LogP contribution in [0.1, 0.15) is 29.0 Å². The molecule has 0 aliphatic carbocycles. The first-order chi connectivity index (χ1) is 15.4. The molecule has 1 aliphatic heterocycles. The van der Waals surface area contributed by atoms with Crippen molar-refractivity contribution in [1.82, 2.24) is 0 Å². The van der Waals surface area contributed by atoms with Crippen molar-refractivity contribution in [3.05, 3.63) is 112 Å².